The van der Waals surface area contributed by atoms with Crippen LogP contribution in [0.1, 0.15) is 32.3 Å². The van der Waals surface area contributed by atoms with Gasteiger partial charge in [0.05, 0.1) is 11.3 Å². The molecule has 1 N–H and O–H groups in total. The highest BCUT2D eigenvalue weighted by Crippen LogP contribution is 2.60. The molecule has 1 fully saturated rings. The average Bonchev–Trinajstić information content (AvgIpc) is 3.16. The van der Waals surface area contributed by atoms with Crippen molar-refractivity contribution in [3.05, 3.63) is 28.2 Å². The number of fused-ring (bicyclic) bond motifs is 2. The first kappa shape index (κ1) is 14.6. The van der Waals surface area contributed by atoms with Gasteiger partial charge in [0.25, 0.3) is 0 Å². The highest BCUT2D eigenvalue weighted by Gasteiger charge is 2.68. The fraction of sp³-hybridized carbons (Fsp3) is 0.500. The lowest BCUT2D eigenvalue weighted by molar-refractivity contribution is -0.134. The molecular formula is C16H19BrN2O2. The van der Waals surface area contributed by atoms with Crippen LogP contribution in [0, 0.1) is 5.92 Å². The summed E-state index contributed by atoms with van der Waals surface area (Å²) in [5.74, 6) is -0.122. The lowest BCUT2D eigenvalue weighted by Crippen LogP contribution is -2.36. The van der Waals surface area contributed by atoms with E-state index in [1.807, 2.05) is 30.0 Å². The number of halogens is 1. The Hall–Kier alpha value is -1.36. The fourth-order valence-electron chi connectivity index (χ4n) is 3.37. The second-order valence-electron chi connectivity index (χ2n) is 5.79. The largest absolute Gasteiger partial charge is 0.343 e. The van der Waals surface area contributed by atoms with Crippen LogP contribution in [0.4, 0.5) is 5.69 Å². The lowest BCUT2D eigenvalue weighted by Gasteiger charge is -2.21. The fourth-order valence-corrected chi connectivity index (χ4v) is 3.74. The molecule has 2 aliphatic rings. The zero-order valence-electron chi connectivity index (χ0n) is 12.3. The number of rotatable bonds is 4. The van der Waals surface area contributed by atoms with Gasteiger partial charge in [-0.15, -0.1) is 0 Å². The third kappa shape index (κ3) is 2.09. The number of amides is 2. The maximum atomic E-state index is 12.7. The van der Waals surface area contributed by atoms with Gasteiger partial charge >= 0.3 is 0 Å². The molecule has 1 aliphatic carbocycles. The summed E-state index contributed by atoms with van der Waals surface area (Å²) in [6, 6.07) is 5.78. The van der Waals surface area contributed by atoms with Crippen molar-refractivity contribution in [2.24, 2.45) is 5.92 Å². The van der Waals surface area contributed by atoms with E-state index in [2.05, 4.69) is 28.2 Å². The summed E-state index contributed by atoms with van der Waals surface area (Å²) >= 11 is 3.45. The zero-order valence-corrected chi connectivity index (χ0v) is 13.9. The van der Waals surface area contributed by atoms with Crippen molar-refractivity contribution in [1.29, 1.82) is 0 Å². The molecule has 4 nitrogen and oxygen atoms in total. The quantitative estimate of drug-likeness (QED) is 0.907. The monoisotopic (exact) mass is 350 g/mol. The van der Waals surface area contributed by atoms with E-state index in [-0.39, 0.29) is 17.7 Å². The first-order chi connectivity index (χ1) is 10.0. The summed E-state index contributed by atoms with van der Waals surface area (Å²) < 4.78 is 0.941. The molecule has 2 unspecified atom stereocenters. The van der Waals surface area contributed by atoms with Crippen LogP contribution in [-0.2, 0) is 15.0 Å². The number of nitrogens with one attached hydrogen (secondary N) is 1. The van der Waals surface area contributed by atoms with Crippen molar-refractivity contribution in [2.45, 2.75) is 32.1 Å². The van der Waals surface area contributed by atoms with Crippen molar-refractivity contribution >= 4 is 33.4 Å². The van der Waals surface area contributed by atoms with Crippen LogP contribution in [0.15, 0.2) is 22.7 Å². The number of nitrogens with zero attached hydrogens (tertiary/aromatic N) is 1. The van der Waals surface area contributed by atoms with Crippen LogP contribution >= 0.6 is 15.9 Å². The molecule has 112 valence electrons. The number of hydrogen-bond donors (Lipinski definition) is 1. The van der Waals surface area contributed by atoms with E-state index >= 15 is 0 Å². The highest BCUT2D eigenvalue weighted by atomic mass is 79.9. The molecule has 2 amide bonds. The van der Waals surface area contributed by atoms with E-state index in [0.717, 1.165) is 28.7 Å². The van der Waals surface area contributed by atoms with Crippen molar-refractivity contribution in [1.82, 2.24) is 4.90 Å². The molecule has 1 aliphatic heterocycles. The van der Waals surface area contributed by atoms with Gasteiger partial charge in [0.15, 0.2) is 0 Å². The highest BCUT2D eigenvalue weighted by molar-refractivity contribution is 9.10. The van der Waals surface area contributed by atoms with E-state index < -0.39 is 5.41 Å². The molecule has 0 aromatic heterocycles. The second kappa shape index (κ2) is 5.13. The standard InChI is InChI=1S/C16H19BrN2O2/c1-3-7-19(4-2)14(20)12-9-16(12)11-8-10(17)5-6-13(11)18-15(16)21/h5-6,8,12H,3-4,7,9H2,1-2H3,(H,18,21). The summed E-state index contributed by atoms with van der Waals surface area (Å²) in [4.78, 5) is 26.9. The molecular weight excluding hydrogens is 332 g/mol. The number of carbonyl (C=O) groups is 2. The minimum Gasteiger partial charge on any atom is -0.343 e. The normalized spacial score (nSPS) is 25.7. The SMILES string of the molecule is CCCN(CC)C(=O)C1CC12C(=O)Nc1ccc(Br)cc12. The first-order valence-electron chi connectivity index (χ1n) is 7.44. The van der Waals surface area contributed by atoms with Crippen LogP contribution in [0.2, 0.25) is 0 Å². The van der Waals surface area contributed by atoms with Crippen LogP contribution in [0.3, 0.4) is 0 Å². The maximum Gasteiger partial charge on any atom is 0.235 e. The van der Waals surface area contributed by atoms with Gasteiger partial charge in [0.2, 0.25) is 11.8 Å². The predicted molar refractivity (Wildman–Crippen MR) is 85.1 cm³/mol. The van der Waals surface area contributed by atoms with Crippen LogP contribution in [0.5, 0.6) is 0 Å². The van der Waals surface area contributed by atoms with E-state index in [4.69, 9.17) is 0 Å². The molecule has 1 saturated carbocycles. The molecule has 2 atom stereocenters. The van der Waals surface area contributed by atoms with Crippen molar-refractivity contribution in [3.8, 4) is 0 Å². The molecule has 0 saturated heterocycles. The van der Waals surface area contributed by atoms with E-state index in [1.165, 1.54) is 0 Å². The number of carbonyl (C=O) groups excluding carboxylic acids is 2. The van der Waals surface area contributed by atoms with Crippen LogP contribution in [-0.4, -0.2) is 29.8 Å². The Balaban J connectivity index is 1.90. The molecule has 1 heterocycles. The molecule has 0 bridgehead atoms. The molecule has 0 radical (unpaired) electrons. The number of anilines is 1. The second-order valence-corrected chi connectivity index (χ2v) is 6.71. The summed E-state index contributed by atoms with van der Waals surface area (Å²) in [7, 11) is 0. The Bertz CT molecular complexity index is 616. The van der Waals surface area contributed by atoms with Crippen molar-refractivity contribution in [2.75, 3.05) is 18.4 Å². The predicted octanol–water partition coefficient (Wildman–Crippen LogP) is 2.92. The minimum atomic E-state index is -0.628. The van der Waals surface area contributed by atoms with Gasteiger partial charge in [0, 0.05) is 23.2 Å². The van der Waals surface area contributed by atoms with Gasteiger partial charge in [0.1, 0.15) is 0 Å². The maximum absolute atomic E-state index is 12.7. The van der Waals surface area contributed by atoms with Crippen LogP contribution < -0.4 is 5.32 Å². The smallest absolute Gasteiger partial charge is 0.235 e. The molecule has 1 aromatic rings. The van der Waals surface area contributed by atoms with E-state index in [9.17, 15) is 9.59 Å². The number of hydrogen-bond acceptors (Lipinski definition) is 2. The molecule has 21 heavy (non-hydrogen) atoms. The molecule has 1 spiro atoms. The Morgan fingerprint density at radius 2 is 2.24 bits per heavy atom. The number of benzene rings is 1. The van der Waals surface area contributed by atoms with Crippen LogP contribution in [0.25, 0.3) is 0 Å². The van der Waals surface area contributed by atoms with Crippen molar-refractivity contribution in [3.63, 3.8) is 0 Å². The van der Waals surface area contributed by atoms with Gasteiger partial charge in [-0.05, 0) is 43.5 Å². The Morgan fingerprint density at radius 1 is 1.48 bits per heavy atom. The lowest BCUT2D eigenvalue weighted by atomic mass is 9.94. The van der Waals surface area contributed by atoms with Gasteiger partial charge < -0.3 is 10.2 Å². The summed E-state index contributed by atoms with van der Waals surface area (Å²) in [5.41, 5.74) is 1.18. The van der Waals surface area contributed by atoms with E-state index in [1.54, 1.807) is 0 Å². The van der Waals surface area contributed by atoms with E-state index in [0.29, 0.717) is 13.0 Å². The first-order valence-corrected chi connectivity index (χ1v) is 8.24. The van der Waals surface area contributed by atoms with Gasteiger partial charge in [-0.2, -0.15) is 0 Å². The molecule has 5 heteroatoms. The topological polar surface area (TPSA) is 49.4 Å². The molecule has 1 aromatic carbocycles. The zero-order chi connectivity index (χ0) is 15.2. The van der Waals surface area contributed by atoms with Crippen molar-refractivity contribution < 1.29 is 9.59 Å². The summed E-state index contributed by atoms with van der Waals surface area (Å²) in [5, 5.41) is 2.92. The molecule has 3 rings (SSSR count). The summed E-state index contributed by atoms with van der Waals surface area (Å²) in [6.07, 6.45) is 1.56. The van der Waals surface area contributed by atoms with Gasteiger partial charge in [-0.1, -0.05) is 22.9 Å². The Morgan fingerprint density at radius 3 is 2.90 bits per heavy atom. The third-order valence-electron chi connectivity index (χ3n) is 4.56. The Labute approximate surface area is 133 Å². The average molecular weight is 351 g/mol. The van der Waals surface area contributed by atoms with Gasteiger partial charge in [-0.3, -0.25) is 9.59 Å². The van der Waals surface area contributed by atoms with Gasteiger partial charge in [-0.25, -0.2) is 0 Å². The minimum absolute atomic E-state index is 0.0264. The summed E-state index contributed by atoms with van der Waals surface area (Å²) in [6.45, 7) is 5.51. The third-order valence-corrected chi connectivity index (χ3v) is 5.05. The Kier molecular flexibility index (Phi) is 3.56.